The Labute approximate surface area is 145 Å². The highest BCUT2D eigenvalue weighted by Gasteiger charge is 2.14. The molecule has 0 radical (unpaired) electrons. The maximum atomic E-state index is 14.2. The summed E-state index contributed by atoms with van der Waals surface area (Å²) in [5.74, 6) is -0.947. The monoisotopic (exact) mass is 353 g/mol. The lowest BCUT2D eigenvalue weighted by molar-refractivity contribution is 0.0996. The molecule has 2 N–H and O–H groups in total. The molecule has 0 aliphatic carbocycles. The molecule has 0 unspecified atom stereocenters. The summed E-state index contributed by atoms with van der Waals surface area (Å²) in [4.78, 5) is 13.1. The first-order chi connectivity index (χ1) is 12.2. The SMILES string of the molecule is O=C(Nc1cc2c(C=Cc3cccs3)n[nH]c2cc1F)c1ccco1. The van der Waals surface area contributed by atoms with Crippen LogP contribution >= 0.6 is 11.3 Å². The van der Waals surface area contributed by atoms with E-state index >= 15 is 0 Å². The van der Waals surface area contributed by atoms with Crippen LogP contribution in [-0.2, 0) is 0 Å². The third kappa shape index (κ3) is 3.09. The number of rotatable bonds is 4. The van der Waals surface area contributed by atoms with E-state index in [2.05, 4.69) is 15.5 Å². The Morgan fingerprint density at radius 3 is 2.96 bits per heavy atom. The molecule has 25 heavy (non-hydrogen) atoms. The highest BCUT2D eigenvalue weighted by molar-refractivity contribution is 7.10. The zero-order valence-corrected chi connectivity index (χ0v) is 13.6. The molecule has 0 spiro atoms. The summed E-state index contributed by atoms with van der Waals surface area (Å²) in [6.07, 6.45) is 5.17. The zero-order valence-electron chi connectivity index (χ0n) is 12.8. The minimum Gasteiger partial charge on any atom is -0.459 e. The van der Waals surface area contributed by atoms with Crippen LogP contribution in [0.3, 0.4) is 0 Å². The van der Waals surface area contributed by atoms with Gasteiger partial charge in [-0.25, -0.2) is 4.39 Å². The molecule has 0 saturated heterocycles. The number of nitrogens with zero attached hydrogens (tertiary/aromatic N) is 1. The number of aromatic nitrogens is 2. The van der Waals surface area contributed by atoms with Crippen molar-refractivity contribution in [3.05, 3.63) is 70.2 Å². The van der Waals surface area contributed by atoms with Crippen molar-refractivity contribution in [1.29, 1.82) is 0 Å². The van der Waals surface area contributed by atoms with Crippen LogP contribution in [0, 0.1) is 5.82 Å². The van der Waals surface area contributed by atoms with E-state index in [1.54, 1.807) is 23.5 Å². The first-order valence-electron chi connectivity index (χ1n) is 7.45. The number of hydrogen-bond donors (Lipinski definition) is 2. The normalized spacial score (nSPS) is 11.4. The van der Waals surface area contributed by atoms with Gasteiger partial charge in [-0.3, -0.25) is 9.89 Å². The molecule has 0 aliphatic rings. The summed E-state index contributed by atoms with van der Waals surface area (Å²) in [6.45, 7) is 0. The number of carbonyl (C=O) groups is 1. The molecule has 0 bridgehead atoms. The molecule has 3 aromatic heterocycles. The number of aromatic amines is 1. The number of halogens is 1. The van der Waals surface area contributed by atoms with Gasteiger partial charge in [0.05, 0.1) is 23.2 Å². The number of fused-ring (bicyclic) bond motifs is 1. The van der Waals surface area contributed by atoms with Crippen LogP contribution in [-0.4, -0.2) is 16.1 Å². The lowest BCUT2D eigenvalue weighted by Gasteiger charge is -2.05. The second kappa shape index (κ2) is 6.37. The van der Waals surface area contributed by atoms with Crippen LogP contribution in [0.15, 0.2) is 52.5 Å². The fraction of sp³-hybridized carbons (Fsp3) is 0. The summed E-state index contributed by atoms with van der Waals surface area (Å²) >= 11 is 1.61. The van der Waals surface area contributed by atoms with Crippen molar-refractivity contribution in [2.45, 2.75) is 0 Å². The predicted molar refractivity (Wildman–Crippen MR) is 96.0 cm³/mol. The summed E-state index contributed by atoms with van der Waals surface area (Å²) in [7, 11) is 0. The van der Waals surface area contributed by atoms with Crippen LogP contribution in [0.1, 0.15) is 21.1 Å². The molecule has 0 fully saturated rings. The van der Waals surface area contributed by atoms with Gasteiger partial charge in [0, 0.05) is 16.3 Å². The van der Waals surface area contributed by atoms with Gasteiger partial charge >= 0.3 is 0 Å². The van der Waals surface area contributed by atoms with Crippen molar-refractivity contribution in [1.82, 2.24) is 10.2 Å². The van der Waals surface area contributed by atoms with Gasteiger partial charge in [0.15, 0.2) is 5.76 Å². The van der Waals surface area contributed by atoms with Crippen LogP contribution in [0.4, 0.5) is 10.1 Å². The van der Waals surface area contributed by atoms with Gasteiger partial charge < -0.3 is 9.73 Å². The molecule has 4 aromatic rings. The second-order valence-electron chi connectivity index (χ2n) is 5.27. The molecular weight excluding hydrogens is 341 g/mol. The van der Waals surface area contributed by atoms with Crippen LogP contribution in [0.25, 0.3) is 23.1 Å². The van der Waals surface area contributed by atoms with Crippen LogP contribution < -0.4 is 5.32 Å². The summed E-state index contributed by atoms with van der Waals surface area (Å²) in [6, 6.07) is 9.93. The fourth-order valence-corrected chi connectivity index (χ4v) is 3.04. The molecule has 3 heterocycles. The number of nitrogens with one attached hydrogen (secondary N) is 2. The molecule has 4 rings (SSSR count). The standard InChI is InChI=1S/C18H12FN3O2S/c19-13-10-15-12(9-16(13)20-18(23)17-4-1-7-24-17)14(21-22-15)6-5-11-3-2-8-25-11/h1-10H,(H,20,23)(H,21,22). The van der Waals surface area contributed by atoms with E-state index in [0.717, 1.165) is 4.88 Å². The Kier molecular flexibility index (Phi) is 3.91. The van der Waals surface area contributed by atoms with Crippen molar-refractivity contribution in [2.24, 2.45) is 0 Å². The summed E-state index contributed by atoms with van der Waals surface area (Å²) in [5.41, 5.74) is 1.29. The van der Waals surface area contributed by atoms with Crippen LogP contribution in [0.2, 0.25) is 0 Å². The molecule has 5 nitrogen and oxygen atoms in total. The van der Waals surface area contributed by atoms with Crippen molar-refractivity contribution in [3.63, 3.8) is 0 Å². The van der Waals surface area contributed by atoms with Crippen molar-refractivity contribution < 1.29 is 13.6 Å². The van der Waals surface area contributed by atoms with Gasteiger partial charge in [-0.1, -0.05) is 6.07 Å². The predicted octanol–water partition coefficient (Wildman–Crippen LogP) is 4.78. The topological polar surface area (TPSA) is 70.9 Å². The van der Waals surface area contributed by atoms with E-state index in [9.17, 15) is 9.18 Å². The third-order valence-electron chi connectivity index (χ3n) is 3.62. The average molecular weight is 353 g/mol. The molecule has 1 aromatic carbocycles. The molecule has 7 heteroatoms. The molecule has 0 atom stereocenters. The van der Waals surface area contributed by atoms with E-state index in [1.165, 1.54) is 18.4 Å². The maximum absolute atomic E-state index is 14.2. The van der Waals surface area contributed by atoms with Gasteiger partial charge in [0.2, 0.25) is 0 Å². The number of thiophene rings is 1. The van der Waals surface area contributed by atoms with Gasteiger partial charge in [0.25, 0.3) is 5.91 Å². The van der Waals surface area contributed by atoms with Crippen molar-refractivity contribution in [2.75, 3.05) is 5.32 Å². The van der Waals surface area contributed by atoms with E-state index in [1.807, 2.05) is 29.7 Å². The highest BCUT2D eigenvalue weighted by atomic mass is 32.1. The maximum Gasteiger partial charge on any atom is 0.291 e. The number of anilines is 1. The Balaban J connectivity index is 1.67. The van der Waals surface area contributed by atoms with Crippen molar-refractivity contribution in [3.8, 4) is 0 Å². The minimum absolute atomic E-state index is 0.0704. The Morgan fingerprint density at radius 2 is 2.20 bits per heavy atom. The highest BCUT2D eigenvalue weighted by Crippen LogP contribution is 2.26. The first-order valence-corrected chi connectivity index (χ1v) is 8.33. The van der Waals surface area contributed by atoms with E-state index < -0.39 is 11.7 Å². The van der Waals surface area contributed by atoms with Crippen LogP contribution in [0.5, 0.6) is 0 Å². The van der Waals surface area contributed by atoms with Gasteiger partial charge in [-0.15, -0.1) is 11.3 Å². The average Bonchev–Trinajstić information content (AvgIpc) is 3.35. The zero-order chi connectivity index (χ0) is 17.2. The molecular formula is C18H12FN3O2S. The molecule has 124 valence electrons. The lowest BCUT2D eigenvalue weighted by Crippen LogP contribution is -2.12. The minimum atomic E-state index is -0.551. The van der Waals surface area contributed by atoms with E-state index in [4.69, 9.17) is 4.42 Å². The third-order valence-corrected chi connectivity index (χ3v) is 4.46. The number of hydrogen-bond acceptors (Lipinski definition) is 4. The molecule has 1 amide bonds. The number of H-pyrrole nitrogens is 1. The fourth-order valence-electron chi connectivity index (χ4n) is 2.42. The van der Waals surface area contributed by atoms with Gasteiger partial charge in [-0.2, -0.15) is 5.10 Å². The molecule has 0 aliphatic heterocycles. The lowest BCUT2D eigenvalue weighted by atomic mass is 10.1. The number of amides is 1. The van der Waals surface area contributed by atoms with Gasteiger partial charge in [0.1, 0.15) is 5.82 Å². The van der Waals surface area contributed by atoms with E-state index in [-0.39, 0.29) is 11.4 Å². The Bertz CT molecular complexity index is 1050. The Morgan fingerprint density at radius 1 is 1.28 bits per heavy atom. The summed E-state index contributed by atoms with van der Waals surface area (Å²) in [5, 5.41) is 12.2. The summed E-state index contributed by atoms with van der Waals surface area (Å²) < 4.78 is 19.3. The molecule has 0 saturated carbocycles. The number of carbonyl (C=O) groups excluding carboxylic acids is 1. The number of furan rings is 1. The smallest absolute Gasteiger partial charge is 0.291 e. The first kappa shape index (κ1) is 15.3. The number of benzene rings is 1. The van der Waals surface area contributed by atoms with Gasteiger partial charge in [-0.05, 0) is 41.8 Å². The largest absolute Gasteiger partial charge is 0.459 e. The Hall–Kier alpha value is -3.19. The quantitative estimate of drug-likeness (QED) is 0.555. The van der Waals surface area contributed by atoms with E-state index in [0.29, 0.717) is 16.6 Å². The van der Waals surface area contributed by atoms with Crippen molar-refractivity contribution >= 4 is 46.0 Å². The second-order valence-corrected chi connectivity index (χ2v) is 6.25.